The number of esters is 1. The number of ether oxygens (including phenoxy) is 1. The number of carbonyl (C=O) groups excluding carboxylic acids is 2. The molecule has 1 aliphatic rings. The lowest BCUT2D eigenvalue weighted by molar-refractivity contribution is -0.128. The lowest BCUT2D eigenvalue weighted by Crippen LogP contribution is -2.28. The fourth-order valence-corrected chi connectivity index (χ4v) is 2.20. The topological polar surface area (TPSA) is 43.4 Å². The van der Waals surface area contributed by atoms with Gasteiger partial charge in [0.25, 0.3) is 0 Å². The summed E-state index contributed by atoms with van der Waals surface area (Å²) in [6.45, 7) is 0. The Kier molecular flexibility index (Phi) is 4.51. The number of hydrogen-bond acceptors (Lipinski definition) is 3. The van der Waals surface area contributed by atoms with Gasteiger partial charge in [-0.15, -0.1) is 0 Å². The van der Waals surface area contributed by atoms with Crippen LogP contribution in [-0.4, -0.2) is 17.9 Å². The SMILES string of the molecule is O=C(O[C@@H]1CCCCCCC1=O)c1ccccc1. The van der Waals surface area contributed by atoms with Crippen LogP contribution in [0.2, 0.25) is 0 Å². The first-order valence-electron chi connectivity index (χ1n) is 6.56. The first kappa shape index (κ1) is 12.8. The van der Waals surface area contributed by atoms with E-state index in [4.69, 9.17) is 4.74 Å². The standard InChI is InChI=1S/C15H18O3/c16-13-10-6-1-2-7-11-14(13)18-15(17)12-8-4-3-5-9-12/h3-5,8-9,14H,1-2,6-7,10-11H2/t14-/m1/s1. The van der Waals surface area contributed by atoms with Crippen molar-refractivity contribution in [2.45, 2.75) is 44.6 Å². The minimum atomic E-state index is -0.544. The van der Waals surface area contributed by atoms with Gasteiger partial charge in [-0.25, -0.2) is 4.79 Å². The number of ketones is 1. The first-order valence-corrected chi connectivity index (χ1v) is 6.56. The van der Waals surface area contributed by atoms with E-state index < -0.39 is 12.1 Å². The van der Waals surface area contributed by atoms with Gasteiger partial charge in [0.2, 0.25) is 0 Å². The van der Waals surface area contributed by atoms with Gasteiger partial charge < -0.3 is 4.74 Å². The summed E-state index contributed by atoms with van der Waals surface area (Å²) in [4.78, 5) is 23.7. The minimum Gasteiger partial charge on any atom is -0.451 e. The van der Waals surface area contributed by atoms with E-state index in [0.717, 1.165) is 25.7 Å². The number of carbonyl (C=O) groups is 2. The molecule has 0 bridgehead atoms. The molecule has 1 atom stereocenters. The van der Waals surface area contributed by atoms with Crippen molar-refractivity contribution in [3.05, 3.63) is 35.9 Å². The summed E-state index contributed by atoms with van der Waals surface area (Å²) in [5, 5.41) is 0. The van der Waals surface area contributed by atoms with E-state index in [1.54, 1.807) is 24.3 Å². The van der Waals surface area contributed by atoms with Crippen LogP contribution in [-0.2, 0) is 9.53 Å². The molecule has 3 nitrogen and oxygen atoms in total. The highest BCUT2D eigenvalue weighted by molar-refractivity contribution is 5.92. The molecule has 0 aromatic heterocycles. The lowest BCUT2D eigenvalue weighted by atomic mass is 9.97. The monoisotopic (exact) mass is 246 g/mol. The molecule has 1 aliphatic carbocycles. The maximum absolute atomic E-state index is 11.9. The van der Waals surface area contributed by atoms with E-state index in [1.165, 1.54) is 0 Å². The maximum Gasteiger partial charge on any atom is 0.338 e. The molecule has 1 aromatic carbocycles. The van der Waals surface area contributed by atoms with Crippen molar-refractivity contribution < 1.29 is 14.3 Å². The highest BCUT2D eigenvalue weighted by Crippen LogP contribution is 2.18. The molecule has 1 saturated carbocycles. The molecule has 0 saturated heterocycles. The predicted octanol–water partition coefficient (Wildman–Crippen LogP) is 3.14. The molecule has 18 heavy (non-hydrogen) atoms. The first-order chi connectivity index (χ1) is 8.77. The summed E-state index contributed by atoms with van der Waals surface area (Å²) < 4.78 is 5.34. The Labute approximate surface area is 107 Å². The Bertz CT molecular complexity index is 411. The smallest absolute Gasteiger partial charge is 0.338 e. The molecular formula is C15H18O3. The predicted molar refractivity (Wildman–Crippen MR) is 68.4 cm³/mol. The van der Waals surface area contributed by atoms with E-state index in [1.807, 2.05) is 6.07 Å². The second kappa shape index (κ2) is 6.34. The maximum atomic E-state index is 11.9. The van der Waals surface area contributed by atoms with Crippen LogP contribution in [0.4, 0.5) is 0 Å². The average Bonchev–Trinajstić information content (AvgIpc) is 2.39. The van der Waals surface area contributed by atoms with Gasteiger partial charge >= 0.3 is 5.97 Å². The number of benzene rings is 1. The molecule has 0 radical (unpaired) electrons. The number of Topliss-reactive ketones (excluding diaryl/α,β-unsaturated/α-hetero) is 1. The highest BCUT2D eigenvalue weighted by Gasteiger charge is 2.23. The normalized spacial score (nSPS) is 20.9. The second-order valence-corrected chi connectivity index (χ2v) is 4.68. The Morgan fingerprint density at radius 2 is 1.78 bits per heavy atom. The van der Waals surface area contributed by atoms with Crippen molar-refractivity contribution in [2.24, 2.45) is 0 Å². The molecule has 2 rings (SSSR count). The summed E-state index contributed by atoms with van der Waals surface area (Å²) in [5.41, 5.74) is 0.507. The number of rotatable bonds is 2. The van der Waals surface area contributed by atoms with Crippen LogP contribution in [0, 0.1) is 0 Å². The highest BCUT2D eigenvalue weighted by atomic mass is 16.5. The Balaban J connectivity index is 1.98. The van der Waals surface area contributed by atoms with Gasteiger partial charge in [-0.2, -0.15) is 0 Å². The molecule has 1 aromatic rings. The van der Waals surface area contributed by atoms with Gasteiger partial charge in [0.1, 0.15) is 0 Å². The summed E-state index contributed by atoms with van der Waals surface area (Å²) in [7, 11) is 0. The molecule has 0 heterocycles. The van der Waals surface area contributed by atoms with Crippen LogP contribution in [0.3, 0.4) is 0 Å². The van der Waals surface area contributed by atoms with Crippen LogP contribution in [0.25, 0.3) is 0 Å². The van der Waals surface area contributed by atoms with Gasteiger partial charge in [-0.05, 0) is 31.4 Å². The largest absolute Gasteiger partial charge is 0.451 e. The molecule has 3 heteroatoms. The average molecular weight is 246 g/mol. The molecule has 0 spiro atoms. The number of hydrogen-bond donors (Lipinski definition) is 0. The van der Waals surface area contributed by atoms with Crippen LogP contribution in [0.1, 0.15) is 48.9 Å². The summed E-state index contributed by atoms with van der Waals surface area (Å²) in [5.74, 6) is -0.325. The van der Waals surface area contributed by atoms with E-state index in [0.29, 0.717) is 18.4 Å². The molecular weight excluding hydrogens is 228 g/mol. The van der Waals surface area contributed by atoms with Crippen molar-refractivity contribution in [3.63, 3.8) is 0 Å². The lowest BCUT2D eigenvalue weighted by Gasteiger charge is -2.19. The fourth-order valence-electron chi connectivity index (χ4n) is 2.20. The van der Waals surface area contributed by atoms with E-state index in [9.17, 15) is 9.59 Å². The Hall–Kier alpha value is -1.64. The summed E-state index contributed by atoms with van der Waals surface area (Å²) in [6, 6.07) is 8.83. The fraction of sp³-hybridized carbons (Fsp3) is 0.467. The summed E-state index contributed by atoms with van der Waals surface area (Å²) in [6.07, 6.45) is 4.75. The quantitative estimate of drug-likeness (QED) is 0.753. The zero-order valence-corrected chi connectivity index (χ0v) is 10.4. The molecule has 0 aliphatic heterocycles. The third kappa shape index (κ3) is 3.42. The van der Waals surface area contributed by atoms with Gasteiger partial charge in [0, 0.05) is 6.42 Å². The van der Waals surface area contributed by atoms with Crippen LogP contribution < -0.4 is 0 Å². The van der Waals surface area contributed by atoms with E-state index >= 15 is 0 Å². The van der Waals surface area contributed by atoms with Crippen LogP contribution in [0.5, 0.6) is 0 Å². The minimum absolute atomic E-state index is 0.0685. The van der Waals surface area contributed by atoms with E-state index in [2.05, 4.69) is 0 Å². The molecule has 96 valence electrons. The summed E-state index contributed by atoms with van der Waals surface area (Å²) >= 11 is 0. The third-order valence-corrected chi connectivity index (χ3v) is 3.26. The Morgan fingerprint density at radius 3 is 2.56 bits per heavy atom. The van der Waals surface area contributed by atoms with Gasteiger partial charge in [0.05, 0.1) is 5.56 Å². The van der Waals surface area contributed by atoms with Crippen molar-refractivity contribution in [2.75, 3.05) is 0 Å². The van der Waals surface area contributed by atoms with Crippen LogP contribution >= 0.6 is 0 Å². The van der Waals surface area contributed by atoms with Crippen molar-refractivity contribution in [1.29, 1.82) is 0 Å². The molecule has 0 unspecified atom stereocenters. The van der Waals surface area contributed by atoms with Gasteiger partial charge in [0.15, 0.2) is 11.9 Å². The van der Waals surface area contributed by atoms with Crippen molar-refractivity contribution in [1.82, 2.24) is 0 Å². The van der Waals surface area contributed by atoms with Gasteiger partial charge in [-0.3, -0.25) is 4.79 Å². The zero-order valence-electron chi connectivity index (χ0n) is 10.4. The third-order valence-electron chi connectivity index (χ3n) is 3.26. The molecule has 1 fully saturated rings. The van der Waals surface area contributed by atoms with E-state index in [-0.39, 0.29) is 5.78 Å². The second-order valence-electron chi connectivity index (χ2n) is 4.68. The van der Waals surface area contributed by atoms with Crippen LogP contribution in [0.15, 0.2) is 30.3 Å². The Morgan fingerprint density at radius 1 is 1.06 bits per heavy atom. The molecule has 0 N–H and O–H groups in total. The van der Waals surface area contributed by atoms with Crippen molar-refractivity contribution >= 4 is 11.8 Å². The van der Waals surface area contributed by atoms with Gasteiger partial charge in [-0.1, -0.05) is 31.0 Å². The van der Waals surface area contributed by atoms with Crippen molar-refractivity contribution in [3.8, 4) is 0 Å². The zero-order chi connectivity index (χ0) is 12.8. The molecule has 0 amide bonds.